The zero-order valence-corrected chi connectivity index (χ0v) is 42.3. The second-order valence-electron chi connectivity index (χ2n) is 19.3. The highest BCUT2D eigenvalue weighted by molar-refractivity contribution is 7.80. The third-order valence-corrected chi connectivity index (χ3v) is 13.7. The fourth-order valence-electron chi connectivity index (χ4n) is 9.00. The number of hydrogen-bond acceptors (Lipinski definition) is 11. The van der Waals surface area contributed by atoms with Crippen LogP contribution in [-0.4, -0.2) is 107 Å². The van der Waals surface area contributed by atoms with Crippen LogP contribution in [0.3, 0.4) is 0 Å². The average molecular weight is 952 g/mol. The van der Waals surface area contributed by atoms with Gasteiger partial charge < -0.3 is 40.3 Å². The van der Waals surface area contributed by atoms with Gasteiger partial charge in [0.2, 0.25) is 5.91 Å². The fourth-order valence-corrected chi connectivity index (χ4v) is 9.51. The van der Waals surface area contributed by atoms with E-state index >= 15 is 0 Å². The molecule has 8 atom stereocenters. The van der Waals surface area contributed by atoms with E-state index in [2.05, 4.69) is 23.3 Å². The van der Waals surface area contributed by atoms with Crippen LogP contribution in [-0.2, 0) is 28.9 Å². The van der Waals surface area contributed by atoms with Crippen LogP contribution in [0.4, 0.5) is 0 Å². The van der Waals surface area contributed by atoms with Crippen molar-refractivity contribution in [2.75, 3.05) is 13.2 Å². The summed E-state index contributed by atoms with van der Waals surface area (Å²) in [7, 11) is -5.11. The number of unbranched alkanes of at least 4 members (excludes halogenated alkanes) is 34. The molecule has 1 aliphatic heterocycles. The van der Waals surface area contributed by atoms with Crippen LogP contribution in [0.2, 0.25) is 0 Å². The molecule has 0 aromatic heterocycles. The van der Waals surface area contributed by atoms with Gasteiger partial charge in [-0.15, -0.1) is 0 Å². The van der Waals surface area contributed by atoms with E-state index in [1.165, 1.54) is 180 Å². The molecule has 1 fully saturated rings. The van der Waals surface area contributed by atoms with Crippen molar-refractivity contribution in [2.24, 2.45) is 0 Å². The molecular weight excluding hydrogens is 851 g/mol. The summed E-state index contributed by atoms with van der Waals surface area (Å²) in [4.78, 5) is 13.2. The monoisotopic (exact) mass is 952 g/mol. The Hall–Kier alpha value is -0.940. The quantitative estimate of drug-likeness (QED) is 0.0224. The first kappa shape index (κ1) is 62.1. The molecule has 1 amide bonds. The van der Waals surface area contributed by atoms with Crippen molar-refractivity contribution in [1.29, 1.82) is 0 Å². The summed E-state index contributed by atoms with van der Waals surface area (Å²) in [6.07, 6.45) is 34.3. The Labute approximate surface area is 397 Å². The lowest BCUT2D eigenvalue weighted by Crippen LogP contribution is -2.61. The van der Waals surface area contributed by atoms with Crippen LogP contribution < -0.4 is 5.32 Å². The van der Waals surface area contributed by atoms with Crippen molar-refractivity contribution in [1.82, 2.24) is 5.32 Å². The van der Waals surface area contributed by atoms with Crippen LogP contribution in [0, 0.1) is 0 Å². The molecule has 1 heterocycles. The molecule has 1 aliphatic rings. The molecular formula is C51H101NO12S. The molecule has 0 saturated carbocycles. The Morgan fingerprint density at radius 3 is 1.23 bits per heavy atom. The van der Waals surface area contributed by atoms with Gasteiger partial charge in [-0.1, -0.05) is 245 Å². The van der Waals surface area contributed by atoms with Crippen LogP contribution in [0.25, 0.3) is 0 Å². The first-order valence-corrected chi connectivity index (χ1v) is 28.4. The van der Waals surface area contributed by atoms with E-state index in [0.29, 0.717) is 19.3 Å². The first-order chi connectivity index (χ1) is 31.4. The van der Waals surface area contributed by atoms with Crippen molar-refractivity contribution in [3.05, 3.63) is 0 Å². The summed E-state index contributed by atoms with van der Waals surface area (Å²) in [5.74, 6) is -0.663. The molecule has 13 nitrogen and oxygen atoms in total. The second kappa shape index (κ2) is 42.0. The Morgan fingerprint density at radius 1 is 0.554 bits per heavy atom. The minimum absolute atomic E-state index is 0.267. The van der Waals surface area contributed by atoms with Gasteiger partial charge in [0.05, 0.1) is 25.4 Å². The predicted molar refractivity (Wildman–Crippen MR) is 261 cm³/mol. The van der Waals surface area contributed by atoms with Crippen molar-refractivity contribution >= 4 is 16.3 Å². The average Bonchev–Trinajstić information content (AvgIpc) is 3.28. The van der Waals surface area contributed by atoms with Crippen LogP contribution in [0.1, 0.15) is 258 Å². The molecule has 8 unspecified atom stereocenters. The summed E-state index contributed by atoms with van der Waals surface area (Å²) in [5.41, 5.74) is 0. The SMILES string of the molecule is CCCCCCCCCCCCCCCCCCCCCCCCC(O)C(=O)NC(COC1OC(CO)C(O)C(OS(=O)(=O)O)C1O)C(O)CCCCCCCCCCCCCCCC. The maximum Gasteiger partial charge on any atom is 0.397 e. The van der Waals surface area contributed by atoms with E-state index in [9.17, 15) is 43.3 Å². The number of amides is 1. The number of aliphatic hydroxyl groups is 5. The maximum atomic E-state index is 13.2. The highest BCUT2D eigenvalue weighted by Gasteiger charge is 2.48. The summed E-state index contributed by atoms with van der Waals surface area (Å²) >= 11 is 0. The molecule has 14 heteroatoms. The van der Waals surface area contributed by atoms with Crippen molar-refractivity contribution in [2.45, 2.75) is 307 Å². The standard InChI is InChI=1S/C51H101NO12S/c1-3-5-7-9-11-13-15-17-19-20-21-22-23-24-25-26-28-30-32-34-36-38-40-45(55)50(58)52-43(42-62-51-48(57)49(64-65(59,60)61)47(56)46(41-53)63-51)44(54)39-37-35-33-31-29-27-18-16-14-12-10-8-6-4-2/h43-49,51,53-57H,3-42H2,1-2H3,(H,52,58)(H,59,60,61). The van der Waals surface area contributed by atoms with Crippen LogP contribution in [0.15, 0.2) is 0 Å². The minimum Gasteiger partial charge on any atom is -0.394 e. The van der Waals surface area contributed by atoms with Crippen LogP contribution >= 0.6 is 0 Å². The Bertz CT molecular complexity index is 1180. The lowest BCUT2D eigenvalue weighted by atomic mass is 9.99. The number of carbonyl (C=O) groups excluding carboxylic acids is 1. The Morgan fingerprint density at radius 2 is 0.892 bits per heavy atom. The highest BCUT2D eigenvalue weighted by atomic mass is 32.3. The van der Waals surface area contributed by atoms with E-state index in [1.807, 2.05) is 0 Å². The van der Waals surface area contributed by atoms with Gasteiger partial charge in [0, 0.05) is 0 Å². The van der Waals surface area contributed by atoms with Crippen molar-refractivity contribution in [3.63, 3.8) is 0 Å². The van der Waals surface area contributed by atoms with E-state index in [-0.39, 0.29) is 6.42 Å². The number of hydrogen-bond donors (Lipinski definition) is 7. The minimum atomic E-state index is -5.11. The smallest absolute Gasteiger partial charge is 0.394 e. The number of nitrogens with one attached hydrogen (secondary N) is 1. The van der Waals surface area contributed by atoms with Crippen molar-refractivity contribution in [3.8, 4) is 0 Å². The first-order valence-electron chi connectivity index (χ1n) is 27.0. The van der Waals surface area contributed by atoms with E-state index in [1.54, 1.807) is 0 Å². The fraction of sp³-hybridized carbons (Fsp3) is 0.980. The highest BCUT2D eigenvalue weighted by Crippen LogP contribution is 2.26. The molecule has 0 bridgehead atoms. The van der Waals surface area contributed by atoms with E-state index in [4.69, 9.17) is 9.47 Å². The number of rotatable bonds is 47. The number of carbonyl (C=O) groups is 1. The number of ether oxygens (including phenoxy) is 2. The van der Waals surface area contributed by atoms with E-state index < -0.39 is 78.5 Å². The number of aliphatic hydroxyl groups excluding tert-OH is 5. The van der Waals surface area contributed by atoms with Gasteiger partial charge in [-0.25, -0.2) is 4.18 Å². The van der Waals surface area contributed by atoms with Gasteiger partial charge in [0.25, 0.3) is 0 Å². The van der Waals surface area contributed by atoms with Crippen molar-refractivity contribution < 1.29 is 57.0 Å². The predicted octanol–water partition coefficient (Wildman–Crippen LogP) is 10.7. The zero-order chi connectivity index (χ0) is 47.8. The summed E-state index contributed by atoms with van der Waals surface area (Å²) < 4.78 is 47.7. The normalized spacial score (nSPS) is 20.5. The van der Waals surface area contributed by atoms with Gasteiger partial charge in [-0.3, -0.25) is 9.35 Å². The molecule has 65 heavy (non-hydrogen) atoms. The van der Waals surface area contributed by atoms with Gasteiger partial charge in [-0.05, 0) is 12.8 Å². The summed E-state index contributed by atoms with van der Waals surface area (Å²) in [5, 5.41) is 55.6. The summed E-state index contributed by atoms with van der Waals surface area (Å²) in [6, 6.07) is -1.03. The molecule has 388 valence electrons. The van der Waals surface area contributed by atoms with Gasteiger partial charge in [0.15, 0.2) is 6.29 Å². The van der Waals surface area contributed by atoms with Gasteiger partial charge >= 0.3 is 10.4 Å². The topological polar surface area (TPSA) is 212 Å². The lowest BCUT2D eigenvalue weighted by Gasteiger charge is -2.41. The van der Waals surface area contributed by atoms with Gasteiger partial charge in [0.1, 0.15) is 30.5 Å². The molecule has 0 aromatic rings. The Balaban J connectivity index is 2.41. The van der Waals surface area contributed by atoms with E-state index in [0.717, 1.165) is 38.5 Å². The largest absolute Gasteiger partial charge is 0.397 e. The third kappa shape index (κ3) is 34.1. The molecule has 0 radical (unpaired) electrons. The summed E-state index contributed by atoms with van der Waals surface area (Å²) in [6.45, 7) is 3.31. The molecule has 0 aliphatic carbocycles. The molecule has 7 N–H and O–H groups in total. The molecule has 1 saturated heterocycles. The third-order valence-electron chi connectivity index (χ3n) is 13.3. The molecule has 0 aromatic carbocycles. The van der Waals surface area contributed by atoms with Crippen LogP contribution in [0.5, 0.6) is 0 Å². The molecule has 1 rings (SSSR count). The second-order valence-corrected chi connectivity index (χ2v) is 20.4. The zero-order valence-electron chi connectivity index (χ0n) is 41.4. The Kier molecular flexibility index (Phi) is 40.1. The molecule has 0 spiro atoms. The maximum absolute atomic E-state index is 13.2. The lowest BCUT2D eigenvalue weighted by molar-refractivity contribution is -0.298. The van der Waals surface area contributed by atoms with Gasteiger partial charge in [-0.2, -0.15) is 8.42 Å².